The minimum Gasteiger partial charge on any atom is -0.351 e. The van der Waals surface area contributed by atoms with Crippen molar-refractivity contribution in [1.29, 1.82) is 0 Å². The van der Waals surface area contributed by atoms with Crippen LogP contribution in [0.3, 0.4) is 0 Å². The Morgan fingerprint density at radius 3 is 2.60 bits per heavy atom. The molecule has 1 aromatic heterocycles. The van der Waals surface area contributed by atoms with E-state index in [0.29, 0.717) is 17.4 Å². The van der Waals surface area contributed by atoms with E-state index < -0.39 is 0 Å². The van der Waals surface area contributed by atoms with Crippen LogP contribution in [0.5, 0.6) is 0 Å². The Labute approximate surface area is 95.5 Å². The van der Waals surface area contributed by atoms with E-state index in [0.717, 1.165) is 5.82 Å². The molecule has 2 rings (SSSR count). The van der Waals surface area contributed by atoms with Crippen LogP contribution in [0.4, 0.5) is 5.82 Å². The zero-order valence-electron chi connectivity index (χ0n) is 9.15. The van der Waals surface area contributed by atoms with Gasteiger partial charge >= 0.3 is 0 Å². The fourth-order valence-electron chi connectivity index (χ4n) is 2.34. The van der Waals surface area contributed by atoms with E-state index in [-0.39, 0.29) is 0 Å². The number of hydrogen-bond acceptors (Lipinski definition) is 3. The molecule has 2 heterocycles. The summed E-state index contributed by atoms with van der Waals surface area (Å²) in [6.45, 7) is 4.48. The molecule has 2 atom stereocenters. The van der Waals surface area contributed by atoms with E-state index in [1.54, 1.807) is 6.20 Å². The monoisotopic (exact) mass is 225 g/mol. The van der Waals surface area contributed by atoms with Crippen molar-refractivity contribution in [3.8, 4) is 0 Å². The quantitative estimate of drug-likeness (QED) is 0.689. The summed E-state index contributed by atoms with van der Waals surface area (Å²) >= 11 is 5.81. The second-order valence-electron chi connectivity index (χ2n) is 4.22. The molecule has 0 spiro atoms. The highest BCUT2D eigenvalue weighted by molar-refractivity contribution is 6.28. The van der Waals surface area contributed by atoms with Crippen molar-refractivity contribution in [2.24, 2.45) is 0 Å². The molecule has 3 nitrogen and oxygen atoms in total. The second kappa shape index (κ2) is 4.35. The van der Waals surface area contributed by atoms with Gasteiger partial charge in [-0.2, -0.15) is 0 Å². The van der Waals surface area contributed by atoms with Crippen LogP contribution in [0.25, 0.3) is 0 Å². The Kier molecular flexibility index (Phi) is 3.10. The Morgan fingerprint density at radius 1 is 1.33 bits per heavy atom. The van der Waals surface area contributed by atoms with Crippen LogP contribution < -0.4 is 4.90 Å². The standard InChI is InChI=1S/C11H16ClN3/c1-8-4-3-5-9(2)15(8)10-6-7-13-11(12)14-10/h6-9H,3-5H2,1-2H3. The lowest BCUT2D eigenvalue weighted by Crippen LogP contribution is -2.44. The van der Waals surface area contributed by atoms with Gasteiger partial charge in [-0.1, -0.05) is 0 Å². The highest BCUT2D eigenvalue weighted by atomic mass is 35.5. The molecule has 0 saturated carbocycles. The number of nitrogens with zero attached hydrogens (tertiary/aromatic N) is 3. The summed E-state index contributed by atoms with van der Waals surface area (Å²) in [5.74, 6) is 0.953. The highest BCUT2D eigenvalue weighted by Gasteiger charge is 2.25. The van der Waals surface area contributed by atoms with E-state index in [4.69, 9.17) is 11.6 Å². The molecule has 82 valence electrons. The Morgan fingerprint density at radius 2 is 2.00 bits per heavy atom. The van der Waals surface area contributed by atoms with Crippen LogP contribution >= 0.6 is 11.6 Å². The maximum atomic E-state index is 5.81. The number of hydrogen-bond donors (Lipinski definition) is 0. The summed E-state index contributed by atoms with van der Waals surface area (Å²) in [5.41, 5.74) is 0. The van der Waals surface area contributed by atoms with Gasteiger partial charge in [0, 0.05) is 18.3 Å². The molecule has 0 amide bonds. The van der Waals surface area contributed by atoms with Crippen molar-refractivity contribution in [3.63, 3.8) is 0 Å². The third-order valence-corrected chi connectivity index (χ3v) is 3.25. The van der Waals surface area contributed by atoms with E-state index in [1.807, 2.05) is 6.07 Å². The molecular formula is C11H16ClN3. The summed E-state index contributed by atoms with van der Waals surface area (Å²) in [6, 6.07) is 3.02. The number of rotatable bonds is 1. The molecule has 0 N–H and O–H groups in total. The van der Waals surface area contributed by atoms with E-state index in [9.17, 15) is 0 Å². The van der Waals surface area contributed by atoms with Crippen molar-refractivity contribution < 1.29 is 0 Å². The van der Waals surface area contributed by atoms with Gasteiger partial charge < -0.3 is 4.90 Å². The first kappa shape index (κ1) is 10.7. The second-order valence-corrected chi connectivity index (χ2v) is 4.56. The molecule has 0 aromatic carbocycles. The van der Waals surface area contributed by atoms with Gasteiger partial charge in [-0.25, -0.2) is 9.97 Å². The lowest BCUT2D eigenvalue weighted by atomic mass is 9.98. The number of aromatic nitrogens is 2. The average molecular weight is 226 g/mol. The fourth-order valence-corrected chi connectivity index (χ4v) is 2.49. The van der Waals surface area contributed by atoms with Gasteiger partial charge in [0.05, 0.1) is 0 Å². The van der Waals surface area contributed by atoms with Crippen molar-refractivity contribution >= 4 is 17.4 Å². The van der Waals surface area contributed by atoms with Crippen molar-refractivity contribution in [2.75, 3.05) is 4.90 Å². The first-order valence-electron chi connectivity index (χ1n) is 5.45. The SMILES string of the molecule is CC1CCCC(C)N1c1ccnc(Cl)n1. The molecule has 0 bridgehead atoms. The highest BCUT2D eigenvalue weighted by Crippen LogP contribution is 2.27. The minimum absolute atomic E-state index is 0.331. The molecule has 1 aliphatic heterocycles. The van der Waals surface area contributed by atoms with Crippen LogP contribution in [0.15, 0.2) is 12.3 Å². The minimum atomic E-state index is 0.331. The molecule has 1 aromatic rings. The Hall–Kier alpha value is -0.830. The van der Waals surface area contributed by atoms with E-state index in [1.165, 1.54) is 19.3 Å². The van der Waals surface area contributed by atoms with Gasteiger partial charge in [0.15, 0.2) is 0 Å². The predicted molar refractivity (Wildman–Crippen MR) is 62.3 cm³/mol. The predicted octanol–water partition coefficient (Wildman–Crippen LogP) is 2.90. The average Bonchev–Trinajstić information content (AvgIpc) is 2.17. The molecule has 1 aliphatic rings. The first-order chi connectivity index (χ1) is 7.18. The van der Waals surface area contributed by atoms with Gasteiger partial charge in [0.25, 0.3) is 0 Å². The van der Waals surface area contributed by atoms with Gasteiger partial charge in [-0.3, -0.25) is 0 Å². The number of halogens is 1. The van der Waals surface area contributed by atoms with Crippen LogP contribution in [-0.4, -0.2) is 22.1 Å². The van der Waals surface area contributed by atoms with E-state index in [2.05, 4.69) is 28.7 Å². The normalized spacial score (nSPS) is 26.7. The summed E-state index contributed by atoms with van der Waals surface area (Å²) in [6.07, 6.45) is 5.48. The maximum absolute atomic E-state index is 5.81. The molecule has 4 heteroatoms. The van der Waals surface area contributed by atoms with Crippen molar-refractivity contribution in [3.05, 3.63) is 17.5 Å². The van der Waals surface area contributed by atoms with Gasteiger partial charge in [0.1, 0.15) is 5.82 Å². The summed E-state index contributed by atoms with van der Waals surface area (Å²) in [4.78, 5) is 10.5. The lowest BCUT2D eigenvalue weighted by Gasteiger charge is -2.39. The number of anilines is 1. The molecule has 1 saturated heterocycles. The third kappa shape index (κ3) is 2.23. The Bertz CT molecular complexity index is 332. The summed E-state index contributed by atoms with van der Waals surface area (Å²) in [5, 5.41) is 0.331. The van der Waals surface area contributed by atoms with Crippen LogP contribution in [0.2, 0.25) is 5.28 Å². The third-order valence-electron chi connectivity index (χ3n) is 3.07. The Balaban J connectivity index is 2.27. The molecule has 0 radical (unpaired) electrons. The molecule has 15 heavy (non-hydrogen) atoms. The fraction of sp³-hybridized carbons (Fsp3) is 0.636. The van der Waals surface area contributed by atoms with Gasteiger partial charge in [-0.15, -0.1) is 0 Å². The van der Waals surface area contributed by atoms with Crippen LogP contribution in [-0.2, 0) is 0 Å². The summed E-state index contributed by atoms with van der Waals surface area (Å²) < 4.78 is 0. The smallest absolute Gasteiger partial charge is 0.224 e. The molecule has 2 unspecified atom stereocenters. The molecule has 1 fully saturated rings. The van der Waals surface area contributed by atoms with Gasteiger partial charge in [0.2, 0.25) is 5.28 Å². The topological polar surface area (TPSA) is 29.0 Å². The van der Waals surface area contributed by atoms with E-state index >= 15 is 0 Å². The zero-order valence-corrected chi connectivity index (χ0v) is 9.91. The maximum Gasteiger partial charge on any atom is 0.224 e. The zero-order chi connectivity index (χ0) is 10.8. The molecular weight excluding hydrogens is 210 g/mol. The largest absolute Gasteiger partial charge is 0.351 e. The van der Waals surface area contributed by atoms with Crippen molar-refractivity contribution in [1.82, 2.24) is 9.97 Å². The van der Waals surface area contributed by atoms with Crippen molar-refractivity contribution in [2.45, 2.75) is 45.2 Å². The lowest BCUT2D eigenvalue weighted by molar-refractivity contribution is 0.411. The van der Waals surface area contributed by atoms with Gasteiger partial charge in [-0.05, 0) is 50.8 Å². The van der Waals surface area contributed by atoms with Crippen LogP contribution in [0, 0.1) is 0 Å². The first-order valence-corrected chi connectivity index (χ1v) is 5.83. The summed E-state index contributed by atoms with van der Waals surface area (Å²) in [7, 11) is 0. The number of piperidine rings is 1. The van der Waals surface area contributed by atoms with Crippen LogP contribution in [0.1, 0.15) is 33.1 Å². The molecule has 0 aliphatic carbocycles.